The summed E-state index contributed by atoms with van der Waals surface area (Å²) in [5, 5.41) is 18.2. The molecule has 1 rings (SSSR count). The van der Waals surface area contributed by atoms with Gasteiger partial charge in [0.2, 0.25) is 0 Å². The first-order valence-electron chi connectivity index (χ1n) is 5.98. The molecule has 17 heavy (non-hydrogen) atoms. The van der Waals surface area contributed by atoms with Crippen LogP contribution in [0.5, 0.6) is 0 Å². The third-order valence-electron chi connectivity index (χ3n) is 2.76. The van der Waals surface area contributed by atoms with Crippen molar-refractivity contribution < 1.29 is 19.8 Å². The van der Waals surface area contributed by atoms with E-state index >= 15 is 0 Å². The lowest BCUT2D eigenvalue weighted by molar-refractivity contribution is -0.137. The van der Waals surface area contributed by atoms with Crippen molar-refractivity contribution in [3.05, 3.63) is 0 Å². The van der Waals surface area contributed by atoms with Crippen molar-refractivity contribution >= 4 is 12.0 Å². The first kappa shape index (κ1) is 13.8. The SMILES string of the molecule is CCCN(CC(=O)O)C(=O)N1CCCC(O)C1. The Balaban J connectivity index is 2.59. The van der Waals surface area contributed by atoms with Crippen LogP contribution in [0.2, 0.25) is 0 Å². The molecule has 0 aliphatic carbocycles. The van der Waals surface area contributed by atoms with Crippen LogP contribution < -0.4 is 0 Å². The van der Waals surface area contributed by atoms with E-state index in [-0.39, 0.29) is 12.6 Å². The molecule has 2 N–H and O–H groups in total. The van der Waals surface area contributed by atoms with Crippen molar-refractivity contribution in [3.8, 4) is 0 Å². The molecule has 0 spiro atoms. The van der Waals surface area contributed by atoms with Gasteiger partial charge in [-0.3, -0.25) is 4.79 Å². The van der Waals surface area contributed by atoms with E-state index in [1.165, 1.54) is 9.80 Å². The van der Waals surface area contributed by atoms with Crippen molar-refractivity contribution in [1.29, 1.82) is 0 Å². The molecule has 98 valence electrons. The molecule has 1 saturated heterocycles. The van der Waals surface area contributed by atoms with Crippen LogP contribution in [0.25, 0.3) is 0 Å². The van der Waals surface area contributed by atoms with Crippen LogP contribution in [0.1, 0.15) is 26.2 Å². The molecule has 1 fully saturated rings. The van der Waals surface area contributed by atoms with Gasteiger partial charge in [-0.15, -0.1) is 0 Å². The van der Waals surface area contributed by atoms with Crippen molar-refractivity contribution in [2.75, 3.05) is 26.2 Å². The van der Waals surface area contributed by atoms with Crippen LogP contribution >= 0.6 is 0 Å². The van der Waals surface area contributed by atoms with Gasteiger partial charge in [-0.05, 0) is 19.3 Å². The molecule has 0 aromatic carbocycles. The summed E-state index contributed by atoms with van der Waals surface area (Å²) in [5.41, 5.74) is 0. The highest BCUT2D eigenvalue weighted by Crippen LogP contribution is 2.12. The summed E-state index contributed by atoms with van der Waals surface area (Å²) in [6.45, 7) is 2.94. The second-order valence-electron chi connectivity index (χ2n) is 4.34. The van der Waals surface area contributed by atoms with Gasteiger partial charge >= 0.3 is 12.0 Å². The summed E-state index contributed by atoms with van der Waals surface area (Å²) in [7, 11) is 0. The van der Waals surface area contributed by atoms with Crippen LogP contribution in [0.15, 0.2) is 0 Å². The Bertz CT molecular complexity index is 283. The molecule has 1 aliphatic rings. The molecular weight excluding hydrogens is 224 g/mol. The zero-order chi connectivity index (χ0) is 12.8. The summed E-state index contributed by atoms with van der Waals surface area (Å²) in [6.07, 6.45) is 1.70. The van der Waals surface area contributed by atoms with E-state index in [1.807, 2.05) is 6.92 Å². The smallest absolute Gasteiger partial charge is 0.323 e. The van der Waals surface area contributed by atoms with Crippen LogP contribution in [-0.4, -0.2) is 64.3 Å². The fourth-order valence-electron chi connectivity index (χ4n) is 2.00. The van der Waals surface area contributed by atoms with E-state index in [0.717, 1.165) is 12.8 Å². The Morgan fingerprint density at radius 2 is 2.18 bits per heavy atom. The van der Waals surface area contributed by atoms with Gasteiger partial charge in [0.25, 0.3) is 0 Å². The van der Waals surface area contributed by atoms with Crippen LogP contribution in [-0.2, 0) is 4.79 Å². The average molecular weight is 244 g/mol. The summed E-state index contributed by atoms with van der Waals surface area (Å²) in [6, 6.07) is -0.284. The standard InChI is InChI=1S/C11H20N2O4/c1-2-5-12(8-10(15)16)11(17)13-6-3-4-9(14)7-13/h9,14H,2-8H2,1H3,(H,15,16). The molecule has 0 radical (unpaired) electrons. The van der Waals surface area contributed by atoms with Gasteiger partial charge in [0.1, 0.15) is 6.54 Å². The minimum atomic E-state index is -1.01. The molecule has 1 aliphatic heterocycles. The molecule has 1 atom stereocenters. The van der Waals surface area contributed by atoms with Gasteiger partial charge in [-0.2, -0.15) is 0 Å². The minimum Gasteiger partial charge on any atom is -0.480 e. The van der Waals surface area contributed by atoms with E-state index in [1.54, 1.807) is 0 Å². The van der Waals surface area contributed by atoms with Gasteiger partial charge in [-0.25, -0.2) is 4.79 Å². The summed E-state index contributed by atoms with van der Waals surface area (Å²) >= 11 is 0. The Labute approximate surface area is 101 Å². The van der Waals surface area contributed by atoms with Crippen molar-refractivity contribution in [1.82, 2.24) is 9.80 Å². The third-order valence-corrected chi connectivity index (χ3v) is 2.76. The first-order valence-corrected chi connectivity index (χ1v) is 5.98. The van der Waals surface area contributed by atoms with E-state index < -0.39 is 12.1 Å². The Hall–Kier alpha value is -1.30. The largest absolute Gasteiger partial charge is 0.480 e. The van der Waals surface area contributed by atoms with Crippen molar-refractivity contribution in [2.45, 2.75) is 32.3 Å². The zero-order valence-corrected chi connectivity index (χ0v) is 10.1. The highest BCUT2D eigenvalue weighted by atomic mass is 16.4. The number of aliphatic hydroxyl groups excluding tert-OH is 1. The number of carboxylic acid groups (broad SMARTS) is 1. The first-order chi connectivity index (χ1) is 8.04. The number of carbonyl (C=O) groups excluding carboxylic acids is 1. The average Bonchev–Trinajstić information content (AvgIpc) is 2.27. The van der Waals surface area contributed by atoms with Crippen molar-refractivity contribution in [3.63, 3.8) is 0 Å². The number of piperidine rings is 1. The molecule has 0 bridgehead atoms. The van der Waals surface area contributed by atoms with E-state index in [4.69, 9.17) is 5.11 Å². The molecular formula is C11H20N2O4. The second-order valence-corrected chi connectivity index (χ2v) is 4.34. The molecule has 0 aromatic heterocycles. The van der Waals surface area contributed by atoms with Gasteiger partial charge in [-0.1, -0.05) is 6.92 Å². The lowest BCUT2D eigenvalue weighted by atomic mass is 10.1. The molecule has 2 amide bonds. The maximum Gasteiger partial charge on any atom is 0.323 e. The monoisotopic (exact) mass is 244 g/mol. The molecule has 1 unspecified atom stereocenters. The number of hydrogen-bond acceptors (Lipinski definition) is 3. The topological polar surface area (TPSA) is 81.1 Å². The predicted molar refractivity (Wildman–Crippen MR) is 61.7 cm³/mol. The van der Waals surface area contributed by atoms with E-state index in [2.05, 4.69) is 0 Å². The van der Waals surface area contributed by atoms with E-state index in [9.17, 15) is 14.7 Å². The lowest BCUT2D eigenvalue weighted by Crippen LogP contribution is -2.50. The molecule has 6 nitrogen and oxygen atoms in total. The molecule has 1 heterocycles. The molecule has 0 aromatic rings. The van der Waals surface area contributed by atoms with Gasteiger partial charge in [0.05, 0.1) is 6.10 Å². The zero-order valence-electron chi connectivity index (χ0n) is 10.1. The third kappa shape index (κ3) is 4.22. The van der Waals surface area contributed by atoms with Gasteiger partial charge in [0, 0.05) is 19.6 Å². The predicted octanol–water partition coefficient (Wildman–Crippen LogP) is 0.360. The number of β-amino-alcohol motifs (C(OH)–C–C–N with tert-alkyl or cyclic N) is 1. The van der Waals surface area contributed by atoms with Gasteiger partial charge < -0.3 is 20.0 Å². The maximum absolute atomic E-state index is 12.0. The minimum absolute atomic E-state index is 0.279. The fraction of sp³-hybridized carbons (Fsp3) is 0.818. The number of rotatable bonds is 4. The van der Waals surface area contributed by atoms with Crippen LogP contribution in [0.4, 0.5) is 4.79 Å². The lowest BCUT2D eigenvalue weighted by Gasteiger charge is -2.34. The number of hydrogen-bond donors (Lipinski definition) is 2. The summed E-state index contributed by atoms with van der Waals surface area (Å²) in [4.78, 5) is 25.6. The Morgan fingerprint density at radius 1 is 1.47 bits per heavy atom. The van der Waals surface area contributed by atoms with Crippen molar-refractivity contribution in [2.24, 2.45) is 0 Å². The number of aliphatic carboxylic acids is 1. The second kappa shape index (κ2) is 6.44. The highest BCUT2D eigenvalue weighted by Gasteiger charge is 2.26. The Morgan fingerprint density at radius 3 is 2.71 bits per heavy atom. The number of amides is 2. The number of nitrogens with zero attached hydrogens (tertiary/aromatic N) is 2. The summed E-state index contributed by atoms with van der Waals surface area (Å²) < 4.78 is 0. The summed E-state index contributed by atoms with van der Waals surface area (Å²) in [5.74, 6) is -1.01. The fourth-order valence-corrected chi connectivity index (χ4v) is 2.00. The quantitative estimate of drug-likeness (QED) is 0.748. The molecule has 6 heteroatoms. The number of likely N-dealkylation sites (tertiary alicyclic amines) is 1. The number of aliphatic hydroxyl groups is 1. The highest BCUT2D eigenvalue weighted by molar-refractivity contribution is 5.80. The number of urea groups is 1. The van der Waals surface area contributed by atoms with Crippen LogP contribution in [0.3, 0.4) is 0 Å². The number of carbonyl (C=O) groups is 2. The van der Waals surface area contributed by atoms with Crippen LogP contribution in [0, 0.1) is 0 Å². The van der Waals surface area contributed by atoms with Gasteiger partial charge in [0.15, 0.2) is 0 Å². The number of carboxylic acids is 1. The maximum atomic E-state index is 12.0. The van der Waals surface area contributed by atoms with E-state index in [0.29, 0.717) is 26.1 Å². The normalized spacial score (nSPS) is 20.1. The Kier molecular flexibility index (Phi) is 5.21. The molecule has 0 saturated carbocycles.